The summed E-state index contributed by atoms with van der Waals surface area (Å²) >= 11 is 0. The largest absolute Gasteiger partial charge is 0.344 e. The quantitative estimate of drug-likeness (QED) is 0.436. The van der Waals surface area contributed by atoms with Crippen LogP contribution in [0.5, 0.6) is 0 Å². The second-order valence-corrected chi connectivity index (χ2v) is 6.93. The van der Waals surface area contributed by atoms with Gasteiger partial charge in [-0.1, -0.05) is 48.6 Å². The van der Waals surface area contributed by atoms with E-state index < -0.39 is 10.1 Å². The van der Waals surface area contributed by atoms with E-state index in [1.54, 1.807) is 19.1 Å². The van der Waals surface area contributed by atoms with Crippen molar-refractivity contribution in [3.8, 4) is 0 Å². The van der Waals surface area contributed by atoms with E-state index in [2.05, 4.69) is 6.58 Å². The van der Waals surface area contributed by atoms with Gasteiger partial charge in [0.15, 0.2) is 0 Å². The molecular formula is C18H19NO3S. The first kappa shape index (κ1) is 17.1. The number of rotatable bonds is 4. The monoisotopic (exact) mass is 329 g/mol. The highest BCUT2D eigenvalue weighted by Crippen LogP contribution is 2.29. The van der Waals surface area contributed by atoms with Crippen LogP contribution in [0.15, 0.2) is 71.6 Å². The molecule has 0 saturated heterocycles. The van der Waals surface area contributed by atoms with Crippen LogP contribution in [0.2, 0.25) is 0 Å². The maximum absolute atomic E-state index is 12.4. The molecule has 4 nitrogen and oxygen atoms in total. The lowest BCUT2D eigenvalue weighted by molar-refractivity contribution is 0.349. The first-order chi connectivity index (χ1) is 10.5. The van der Waals surface area contributed by atoms with Crippen molar-refractivity contribution in [3.05, 3.63) is 66.7 Å². The van der Waals surface area contributed by atoms with E-state index in [4.69, 9.17) is 4.18 Å². The van der Waals surface area contributed by atoms with Crippen molar-refractivity contribution < 1.29 is 12.6 Å². The van der Waals surface area contributed by atoms with Crippen molar-refractivity contribution >= 4 is 31.7 Å². The lowest BCUT2D eigenvalue weighted by atomic mass is 10.0. The Morgan fingerprint density at radius 3 is 2.26 bits per heavy atom. The lowest BCUT2D eigenvalue weighted by Gasteiger charge is -2.10. The molecular weight excluding hydrogens is 310 g/mol. The summed E-state index contributed by atoms with van der Waals surface area (Å²) in [6, 6.07) is 17.0. The van der Waals surface area contributed by atoms with Gasteiger partial charge >= 0.3 is 0 Å². The van der Waals surface area contributed by atoms with E-state index in [-0.39, 0.29) is 17.7 Å². The topological polar surface area (TPSA) is 78.4 Å². The van der Waals surface area contributed by atoms with Crippen molar-refractivity contribution in [2.75, 3.05) is 6.61 Å². The molecule has 23 heavy (non-hydrogen) atoms. The minimum Gasteiger partial charge on any atom is -0.344 e. The molecule has 0 unspecified atom stereocenters. The second-order valence-electron chi connectivity index (χ2n) is 5.35. The highest BCUT2D eigenvalue weighted by atomic mass is 32.2. The summed E-state index contributed by atoms with van der Waals surface area (Å²) in [6.07, 6.45) is 0. The van der Waals surface area contributed by atoms with Gasteiger partial charge in [0.2, 0.25) is 0 Å². The van der Waals surface area contributed by atoms with Crippen LogP contribution >= 0.6 is 0 Å². The summed E-state index contributed by atoms with van der Waals surface area (Å²) in [5.41, 5.74) is 0.661. The van der Waals surface area contributed by atoms with Gasteiger partial charge in [0, 0.05) is 5.39 Å². The van der Waals surface area contributed by atoms with E-state index in [1.165, 1.54) is 0 Å². The SMILES string of the molecule is C=C(C)COS(=O)(=O)c1cccc2cc3ccccc3cc12.N. The predicted octanol–water partition coefficient (Wildman–Crippen LogP) is 4.44. The van der Waals surface area contributed by atoms with Crippen molar-refractivity contribution in [1.82, 2.24) is 6.15 Å². The molecule has 3 rings (SSSR count). The summed E-state index contributed by atoms with van der Waals surface area (Å²) in [7, 11) is -3.81. The Hall–Kier alpha value is -2.21. The average Bonchev–Trinajstić information content (AvgIpc) is 2.50. The van der Waals surface area contributed by atoms with Gasteiger partial charge in [-0.15, -0.1) is 0 Å². The van der Waals surface area contributed by atoms with E-state index in [9.17, 15) is 8.42 Å². The summed E-state index contributed by atoms with van der Waals surface area (Å²) in [5.74, 6) is 0. The van der Waals surface area contributed by atoms with Crippen LogP contribution in [0.25, 0.3) is 21.5 Å². The Bertz CT molecular complexity index is 978. The highest BCUT2D eigenvalue weighted by Gasteiger charge is 2.18. The minimum absolute atomic E-state index is 0. The highest BCUT2D eigenvalue weighted by molar-refractivity contribution is 7.87. The molecule has 5 heteroatoms. The number of hydrogen-bond acceptors (Lipinski definition) is 4. The third-order valence-corrected chi connectivity index (χ3v) is 4.76. The smallest absolute Gasteiger partial charge is 0.297 e. The Labute approximate surface area is 136 Å². The predicted molar refractivity (Wildman–Crippen MR) is 94.4 cm³/mol. The molecule has 0 saturated carbocycles. The molecule has 0 aliphatic carbocycles. The van der Waals surface area contributed by atoms with E-state index in [0.29, 0.717) is 11.0 Å². The molecule has 0 aliphatic heterocycles. The molecule has 120 valence electrons. The Balaban J connectivity index is 0.00000192. The van der Waals surface area contributed by atoms with Gasteiger partial charge in [-0.05, 0) is 41.3 Å². The van der Waals surface area contributed by atoms with Crippen molar-refractivity contribution in [2.24, 2.45) is 0 Å². The molecule has 0 heterocycles. The van der Waals surface area contributed by atoms with Crippen LogP contribution in [-0.4, -0.2) is 15.0 Å². The summed E-state index contributed by atoms with van der Waals surface area (Å²) in [5, 5.41) is 3.62. The fraction of sp³-hybridized carbons (Fsp3) is 0.111. The standard InChI is InChI=1S/C18H16O3S.H3N/c1-13(2)12-21-22(19,20)18-9-5-8-16-10-14-6-3-4-7-15(14)11-17(16)18;/h3-11H,1,12H2,2H3;1H3. The number of hydrogen-bond donors (Lipinski definition) is 1. The van der Waals surface area contributed by atoms with Crippen LogP contribution in [0, 0.1) is 0 Å². The average molecular weight is 329 g/mol. The Kier molecular flexibility index (Phi) is 4.85. The second kappa shape index (κ2) is 6.50. The Morgan fingerprint density at radius 1 is 1.00 bits per heavy atom. The molecule has 3 N–H and O–H groups in total. The zero-order valence-corrected chi connectivity index (χ0v) is 13.8. The first-order valence-corrected chi connectivity index (χ1v) is 8.33. The van der Waals surface area contributed by atoms with Gasteiger partial charge in [-0.2, -0.15) is 8.42 Å². The van der Waals surface area contributed by atoms with Gasteiger partial charge in [0.05, 0.1) is 6.61 Å². The molecule has 0 bridgehead atoms. The minimum atomic E-state index is -3.81. The fourth-order valence-electron chi connectivity index (χ4n) is 2.40. The molecule has 0 aliphatic rings. The van der Waals surface area contributed by atoms with Crippen LogP contribution in [-0.2, 0) is 14.3 Å². The van der Waals surface area contributed by atoms with Crippen molar-refractivity contribution in [2.45, 2.75) is 11.8 Å². The molecule has 0 atom stereocenters. The summed E-state index contributed by atoms with van der Waals surface area (Å²) in [4.78, 5) is 0.192. The van der Waals surface area contributed by atoms with Gasteiger partial charge in [-0.25, -0.2) is 0 Å². The van der Waals surface area contributed by atoms with E-state index in [1.807, 2.05) is 42.5 Å². The van der Waals surface area contributed by atoms with Gasteiger partial charge in [-0.3, -0.25) is 4.18 Å². The molecule has 3 aromatic rings. The Morgan fingerprint density at radius 2 is 1.61 bits per heavy atom. The van der Waals surface area contributed by atoms with Crippen LogP contribution in [0.4, 0.5) is 0 Å². The molecule has 0 amide bonds. The van der Waals surface area contributed by atoms with Crippen LogP contribution in [0.1, 0.15) is 6.92 Å². The third kappa shape index (κ3) is 3.42. The van der Waals surface area contributed by atoms with Gasteiger partial charge in [0.1, 0.15) is 4.90 Å². The molecule has 0 aromatic heterocycles. The van der Waals surface area contributed by atoms with Gasteiger partial charge < -0.3 is 6.15 Å². The summed E-state index contributed by atoms with van der Waals surface area (Å²) in [6.45, 7) is 5.39. The molecule has 0 fully saturated rings. The van der Waals surface area contributed by atoms with Crippen molar-refractivity contribution in [3.63, 3.8) is 0 Å². The third-order valence-electron chi connectivity index (χ3n) is 3.44. The molecule has 0 radical (unpaired) electrons. The van der Waals surface area contributed by atoms with E-state index >= 15 is 0 Å². The normalized spacial score (nSPS) is 11.3. The first-order valence-electron chi connectivity index (χ1n) is 6.93. The lowest BCUT2D eigenvalue weighted by Crippen LogP contribution is -2.08. The van der Waals surface area contributed by atoms with Crippen LogP contribution < -0.4 is 6.15 Å². The zero-order chi connectivity index (χ0) is 15.7. The van der Waals surface area contributed by atoms with Gasteiger partial charge in [0.25, 0.3) is 10.1 Å². The maximum Gasteiger partial charge on any atom is 0.297 e. The summed E-state index contributed by atoms with van der Waals surface area (Å²) < 4.78 is 29.9. The van der Waals surface area contributed by atoms with E-state index in [0.717, 1.165) is 16.2 Å². The molecule has 3 aromatic carbocycles. The fourth-order valence-corrected chi connectivity index (χ4v) is 3.57. The number of benzene rings is 3. The molecule has 0 spiro atoms. The maximum atomic E-state index is 12.4. The zero-order valence-electron chi connectivity index (χ0n) is 13.0. The van der Waals surface area contributed by atoms with Crippen molar-refractivity contribution in [1.29, 1.82) is 0 Å². The number of fused-ring (bicyclic) bond motifs is 2. The van der Waals surface area contributed by atoms with Crippen LogP contribution in [0.3, 0.4) is 0 Å².